The fourth-order valence-corrected chi connectivity index (χ4v) is 1.56. The number of aliphatic carboxylic acids is 1. The maximum atomic E-state index is 11.8. The Hall–Kier alpha value is -1.26. The molecule has 0 fully saturated rings. The zero-order valence-electron chi connectivity index (χ0n) is 11.7. The molecule has 0 rings (SSSR count). The number of carboxylic acids is 1. The van der Waals surface area contributed by atoms with Gasteiger partial charge in [-0.3, -0.25) is 4.90 Å². The number of rotatable bonds is 2. The van der Waals surface area contributed by atoms with Gasteiger partial charge in [-0.15, -0.1) is 0 Å². The summed E-state index contributed by atoms with van der Waals surface area (Å²) in [6.07, 6.45) is -0.625. The summed E-state index contributed by atoms with van der Waals surface area (Å²) in [5.41, 5.74) is -1.19. The Morgan fingerprint density at radius 2 is 1.53 bits per heavy atom. The molecule has 0 aromatic rings. The molecule has 1 atom stereocenters. The summed E-state index contributed by atoms with van der Waals surface area (Å²) in [6.45, 7) is 10.5. The Bertz CT molecular complexity index is 299. The molecule has 0 radical (unpaired) electrons. The van der Waals surface area contributed by atoms with Crippen LogP contribution in [0.15, 0.2) is 0 Å². The van der Waals surface area contributed by atoms with E-state index in [1.54, 1.807) is 41.5 Å². The van der Waals surface area contributed by atoms with Crippen LogP contribution in [0, 0.1) is 5.41 Å². The number of ether oxygens (including phenoxy) is 1. The highest BCUT2D eigenvalue weighted by molar-refractivity contribution is 5.80. The van der Waals surface area contributed by atoms with Crippen LogP contribution in [0.2, 0.25) is 0 Å². The SMILES string of the molecule is CN(C(=O)OC(C)(C)C)[C@H](C(=O)O)C(C)(C)C. The predicted molar refractivity (Wildman–Crippen MR) is 64.9 cm³/mol. The van der Waals surface area contributed by atoms with Gasteiger partial charge < -0.3 is 9.84 Å². The van der Waals surface area contributed by atoms with E-state index < -0.39 is 29.1 Å². The number of carbonyl (C=O) groups excluding carboxylic acids is 1. The number of hydrogen-bond donors (Lipinski definition) is 1. The third-order valence-electron chi connectivity index (χ3n) is 2.12. The van der Waals surface area contributed by atoms with Crippen molar-refractivity contribution < 1.29 is 19.4 Å². The molecule has 1 amide bonds. The first-order valence-electron chi connectivity index (χ1n) is 5.55. The average Bonchev–Trinajstić information content (AvgIpc) is 1.96. The van der Waals surface area contributed by atoms with E-state index in [0.717, 1.165) is 4.90 Å². The minimum absolute atomic E-state index is 0.558. The summed E-state index contributed by atoms with van der Waals surface area (Å²) in [6, 6.07) is -0.919. The van der Waals surface area contributed by atoms with Crippen LogP contribution < -0.4 is 0 Å². The second-order valence-corrected chi connectivity index (χ2v) is 6.20. The van der Waals surface area contributed by atoms with E-state index in [2.05, 4.69) is 0 Å². The van der Waals surface area contributed by atoms with Crippen molar-refractivity contribution in [2.45, 2.75) is 53.2 Å². The maximum absolute atomic E-state index is 11.8. The average molecular weight is 245 g/mol. The van der Waals surface area contributed by atoms with Crippen molar-refractivity contribution in [3.05, 3.63) is 0 Å². The molecule has 5 heteroatoms. The molecule has 5 nitrogen and oxygen atoms in total. The largest absolute Gasteiger partial charge is 0.480 e. The van der Waals surface area contributed by atoms with Gasteiger partial charge in [0.2, 0.25) is 0 Å². The van der Waals surface area contributed by atoms with E-state index in [1.807, 2.05) is 0 Å². The molecule has 0 saturated heterocycles. The van der Waals surface area contributed by atoms with E-state index in [1.165, 1.54) is 7.05 Å². The highest BCUT2D eigenvalue weighted by atomic mass is 16.6. The Balaban J connectivity index is 4.93. The van der Waals surface area contributed by atoms with Gasteiger partial charge in [0, 0.05) is 7.05 Å². The molecule has 1 N–H and O–H groups in total. The lowest BCUT2D eigenvalue weighted by atomic mass is 9.86. The van der Waals surface area contributed by atoms with Crippen molar-refractivity contribution in [3.8, 4) is 0 Å². The lowest BCUT2D eigenvalue weighted by Gasteiger charge is -2.35. The van der Waals surface area contributed by atoms with Crippen molar-refractivity contribution in [2.24, 2.45) is 5.41 Å². The maximum Gasteiger partial charge on any atom is 0.410 e. The lowest BCUT2D eigenvalue weighted by Crippen LogP contribution is -2.51. The van der Waals surface area contributed by atoms with E-state index in [9.17, 15) is 14.7 Å². The first-order chi connectivity index (χ1) is 7.36. The summed E-state index contributed by atoms with van der Waals surface area (Å²) in [5, 5.41) is 9.18. The van der Waals surface area contributed by atoms with Crippen LogP contribution >= 0.6 is 0 Å². The van der Waals surface area contributed by atoms with Gasteiger partial charge >= 0.3 is 12.1 Å². The summed E-state index contributed by atoms with van der Waals surface area (Å²) in [4.78, 5) is 24.1. The van der Waals surface area contributed by atoms with E-state index in [-0.39, 0.29) is 0 Å². The van der Waals surface area contributed by atoms with Gasteiger partial charge in [-0.2, -0.15) is 0 Å². The molecule has 0 heterocycles. The van der Waals surface area contributed by atoms with Crippen LogP contribution in [0.1, 0.15) is 41.5 Å². The first-order valence-corrected chi connectivity index (χ1v) is 5.55. The monoisotopic (exact) mass is 245 g/mol. The topological polar surface area (TPSA) is 66.8 Å². The minimum Gasteiger partial charge on any atom is -0.480 e. The number of likely N-dealkylation sites (N-methyl/N-ethyl adjacent to an activating group) is 1. The van der Waals surface area contributed by atoms with Gasteiger partial charge in [-0.25, -0.2) is 9.59 Å². The molecule has 17 heavy (non-hydrogen) atoms. The molecular weight excluding hydrogens is 222 g/mol. The number of nitrogens with zero attached hydrogens (tertiary/aromatic N) is 1. The molecule has 0 aliphatic carbocycles. The molecular formula is C12H23NO4. The lowest BCUT2D eigenvalue weighted by molar-refractivity contribution is -0.146. The van der Waals surface area contributed by atoms with Crippen LogP contribution in [0.25, 0.3) is 0 Å². The third-order valence-corrected chi connectivity index (χ3v) is 2.12. The van der Waals surface area contributed by atoms with Crippen molar-refractivity contribution in [2.75, 3.05) is 7.05 Å². The zero-order chi connectivity index (χ0) is 14.0. The Morgan fingerprint density at radius 3 is 1.76 bits per heavy atom. The minimum atomic E-state index is -1.04. The molecule has 0 bridgehead atoms. The second-order valence-electron chi connectivity index (χ2n) is 6.20. The number of carboxylic acid groups (broad SMARTS) is 1. The summed E-state index contributed by atoms with van der Waals surface area (Å²) >= 11 is 0. The van der Waals surface area contributed by atoms with Crippen LogP contribution in [0.5, 0.6) is 0 Å². The van der Waals surface area contributed by atoms with Crippen molar-refractivity contribution in [1.82, 2.24) is 4.90 Å². The predicted octanol–water partition coefficient (Wildman–Crippen LogP) is 2.35. The molecule has 100 valence electrons. The molecule has 0 saturated carbocycles. The normalized spacial score (nSPS) is 14.1. The molecule has 0 spiro atoms. The summed E-state index contributed by atoms with van der Waals surface area (Å²) in [7, 11) is 1.44. The highest BCUT2D eigenvalue weighted by Crippen LogP contribution is 2.25. The Kier molecular flexibility index (Phi) is 4.57. The van der Waals surface area contributed by atoms with Crippen molar-refractivity contribution in [3.63, 3.8) is 0 Å². The third kappa shape index (κ3) is 5.06. The second kappa shape index (κ2) is 4.94. The smallest absolute Gasteiger partial charge is 0.410 e. The Labute approximate surface area is 103 Å². The molecule has 0 unspecified atom stereocenters. The summed E-state index contributed by atoms with van der Waals surface area (Å²) < 4.78 is 5.15. The summed E-state index contributed by atoms with van der Waals surface area (Å²) in [5.74, 6) is -1.04. The quantitative estimate of drug-likeness (QED) is 0.811. The first kappa shape index (κ1) is 15.7. The molecule has 0 aromatic heterocycles. The van der Waals surface area contributed by atoms with Gasteiger partial charge in [0.1, 0.15) is 11.6 Å². The van der Waals surface area contributed by atoms with Crippen LogP contribution in [-0.4, -0.2) is 40.8 Å². The van der Waals surface area contributed by atoms with Crippen LogP contribution in [0.3, 0.4) is 0 Å². The van der Waals surface area contributed by atoms with Crippen molar-refractivity contribution >= 4 is 12.1 Å². The van der Waals surface area contributed by atoms with Gasteiger partial charge in [0.15, 0.2) is 0 Å². The molecule has 0 aromatic carbocycles. The van der Waals surface area contributed by atoms with Gasteiger partial charge in [0.05, 0.1) is 0 Å². The van der Waals surface area contributed by atoms with Gasteiger partial charge in [0.25, 0.3) is 0 Å². The van der Waals surface area contributed by atoms with E-state index in [0.29, 0.717) is 0 Å². The van der Waals surface area contributed by atoms with Crippen molar-refractivity contribution in [1.29, 1.82) is 0 Å². The van der Waals surface area contributed by atoms with E-state index in [4.69, 9.17) is 4.74 Å². The van der Waals surface area contributed by atoms with Gasteiger partial charge in [-0.05, 0) is 26.2 Å². The number of amides is 1. The number of carbonyl (C=O) groups is 2. The van der Waals surface area contributed by atoms with Crippen LogP contribution in [0.4, 0.5) is 4.79 Å². The van der Waals surface area contributed by atoms with Crippen LogP contribution in [-0.2, 0) is 9.53 Å². The van der Waals surface area contributed by atoms with E-state index >= 15 is 0 Å². The zero-order valence-corrected chi connectivity index (χ0v) is 11.7. The fourth-order valence-electron chi connectivity index (χ4n) is 1.56. The molecule has 0 aliphatic heterocycles. The Morgan fingerprint density at radius 1 is 1.12 bits per heavy atom. The number of hydrogen-bond acceptors (Lipinski definition) is 3. The highest BCUT2D eigenvalue weighted by Gasteiger charge is 2.38. The van der Waals surface area contributed by atoms with Gasteiger partial charge in [-0.1, -0.05) is 20.8 Å². The fraction of sp³-hybridized carbons (Fsp3) is 0.833. The molecule has 0 aliphatic rings. The standard InChI is InChI=1S/C12H23NO4/c1-11(2,3)8(9(14)15)13(7)10(16)17-12(4,5)6/h8H,1-7H3,(H,14,15)/t8-/m1/s1.